The summed E-state index contributed by atoms with van der Waals surface area (Å²) in [5.41, 5.74) is 3.99. The molecule has 4 rings (SSSR count). The first-order chi connectivity index (χ1) is 11.2. The Balaban J connectivity index is 1.83. The number of rotatable bonds is 1. The highest BCUT2D eigenvalue weighted by Crippen LogP contribution is 2.51. The quantitative estimate of drug-likeness (QED) is 0.676. The molecule has 0 radical (unpaired) electrons. The molecule has 3 atom stereocenters. The zero-order chi connectivity index (χ0) is 16.0. The van der Waals surface area contributed by atoms with E-state index in [2.05, 4.69) is 23.5 Å². The first-order valence-electron chi connectivity index (χ1n) is 7.60. The molecule has 1 aliphatic heterocycles. The van der Waals surface area contributed by atoms with Crippen LogP contribution in [0.1, 0.15) is 35.1 Å². The smallest absolute Gasteiger partial charge is 0.0991 e. The molecule has 1 heterocycles. The molecule has 4 heteroatoms. The molecule has 2 aromatic rings. The van der Waals surface area contributed by atoms with Gasteiger partial charge in [-0.1, -0.05) is 47.5 Å². The Kier molecular flexibility index (Phi) is 3.56. The minimum Gasteiger partial charge on any atom is -0.378 e. The number of fused-ring (bicyclic) bond motifs is 3. The molecule has 2 aromatic carbocycles. The van der Waals surface area contributed by atoms with Crippen LogP contribution in [0, 0.1) is 17.2 Å². The molecule has 0 bridgehead atoms. The van der Waals surface area contributed by atoms with Crippen molar-refractivity contribution in [1.82, 2.24) is 0 Å². The van der Waals surface area contributed by atoms with E-state index in [1.165, 1.54) is 5.56 Å². The van der Waals surface area contributed by atoms with E-state index in [1.54, 1.807) is 0 Å². The molecular formula is C19H14Cl2N2. The van der Waals surface area contributed by atoms with Gasteiger partial charge in [0.2, 0.25) is 0 Å². The lowest BCUT2D eigenvalue weighted by molar-refractivity contribution is 0.425. The highest BCUT2D eigenvalue weighted by atomic mass is 35.5. The van der Waals surface area contributed by atoms with Crippen molar-refractivity contribution in [2.75, 3.05) is 5.32 Å². The highest BCUT2D eigenvalue weighted by molar-refractivity contribution is 6.42. The molecule has 1 aliphatic carbocycles. The van der Waals surface area contributed by atoms with E-state index in [-0.39, 0.29) is 6.04 Å². The van der Waals surface area contributed by atoms with Crippen molar-refractivity contribution in [3.63, 3.8) is 0 Å². The minimum absolute atomic E-state index is 0.113. The lowest BCUT2D eigenvalue weighted by Crippen LogP contribution is -2.29. The van der Waals surface area contributed by atoms with Gasteiger partial charge >= 0.3 is 0 Å². The van der Waals surface area contributed by atoms with Gasteiger partial charge in [-0.05, 0) is 47.7 Å². The number of hydrogen-bond donors (Lipinski definition) is 1. The fraction of sp³-hybridized carbons (Fsp3) is 0.211. The number of nitriles is 1. The summed E-state index contributed by atoms with van der Waals surface area (Å²) in [6.07, 6.45) is 5.45. The van der Waals surface area contributed by atoms with Gasteiger partial charge in [0.25, 0.3) is 0 Å². The van der Waals surface area contributed by atoms with E-state index in [9.17, 15) is 0 Å². The summed E-state index contributed by atoms with van der Waals surface area (Å²) in [6.45, 7) is 0. The van der Waals surface area contributed by atoms with Crippen LogP contribution in [0.3, 0.4) is 0 Å². The molecular weight excluding hydrogens is 327 g/mol. The predicted octanol–water partition coefficient (Wildman–Crippen LogP) is 5.69. The highest BCUT2D eigenvalue weighted by Gasteiger charge is 2.38. The van der Waals surface area contributed by atoms with Crippen molar-refractivity contribution in [3.8, 4) is 6.07 Å². The van der Waals surface area contributed by atoms with E-state index in [1.807, 2.05) is 36.4 Å². The largest absolute Gasteiger partial charge is 0.378 e. The van der Waals surface area contributed by atoms with Gasteiger partial charge in [0.1, 0.15) is 0 Å². The lowest BCUT2D eigenvalue weighted by Gasteiger charge is -2.38. The van der Waals surface area contributed by atoms with Crippen LogP contribution in [0.5, 0.6) is 0 Å². The first-order valence-corrected chi connectivity index (χ1v) is 8.36. The van der Waals surface area contributed by atoms with Crippen LogP contribution in [0.4, 0.5) is 5.69 Å². The van der Waals surface area contributed by atoms with Crippen molar-refractivity contribution in [2.24, 2.45) is 5.92 Å². The lowest BCUT2D eigenvalue weighted by atomic mass is 9.76. The first kappa shape index (κ1) is 14.6. The average molecular weight is 341 g/mol. The standard InChI is InChI=1S/C19H14Cl2N2/c20-16-6-2-5-14(18(16)21)19-13-4-1-3-12(13)15-9-11(10-22)7-8-17(15)23-19/h1-3,5-9,12-13,19,23H,4H2. The second-order valence-electron chi connectivity index (χ2n) is 6.03. The van der Waals surface area contributed by atoms with Crippen LogP contribution < -0.4 is 5.32 Å². The fourth-order valence-electron chi connectivity index (χ4n) is 3.73. The maximum absolute atomic E-state index is 9.16. The number of halogens is 2. The van der Waals surface area contributed by atoms with Crippen LogP contribution in [-0.4, -0.2) is 0 Å². The molecule has 2 aliphatic rings. The second-order valence-corrected chi connectivity index (χ2v) is 6.82. The van der Waals surface area contributed by atoms with Gasteiger partial charge in [-0.3, -0.25) is 0 Å². The fourth-order valence-corrected chi connectivity index (χ4v) is 4.16. The third kappa shape index (κ3) is 2.32. The van der Waals surface area contributed by atoms with Crippen molar-refractivity contribution in [1.29, 1.82) is 5.26 Å². The van der Waals surface area contributed by atoms with E-state index >= 15 is 0 Å². The number of anilines is 1. The predicted molar refractivity (Wildman–Crippen MR) is 94.0 cm³/mol. The van der Waals surface area contributed by atoms with Crippen LogP contribution in [0.2, 0.25) is 10.0 Å². The van der Waals surface area contributed by atoms with E-state index < -0.39 is 0 Å². The van der Waals surface area contributed by atoms with Gasteiger partial charge in [-0.2, -0.15) is 5.26 Å². The molecule has 0 saturated heterocycles. The molecule has 2 nitrogen and oxygen atoms in total. The van der Waals surface area contributed by atoms with Crippen molar-refractivity contribution >= 4 is 28.9 Å². The summed E-state index contributed by atoms with van der Waals surface area (Å²) in [4.78, 5) is 0. The Hall–Kier alpha value is -1.95. The Morgan fingerprint density at radius 2 is 2.00 bits per heavy atom. The number of hydrogen-bond acceptors (Lipinski definition) is 2. The summed E-state index contributed by atoms with van der Waals surface area (Å²) in [5.74, 6) is 0.687. The van der Waals surface area contributed by atoms with Gasteiger partial charge in [0, 0.05) is 11.6 Å². The zero-order valence-electron chi connectivity index (χ0n) is 12.3. The number of nitrogens with one attached hydrogen (secondary N) is 1. The average Bonchev–Trinajstić information content (AvgIpc) is 3.06. The van der Waals surface area contributed by atoms with Gasteiger partial charge in [0.05, 0.1) is 27.7 Å². The summed E-state index contributed by atoms with van der Waals surface area (Å²) in [5, 5.41) is 14.0. The van der Waals surface area contributed by atoms with E-state index in [4.69, 9.17) is 28.5 Å². The topological polar surface area (TPSA) is 35.8 Å². The number of nitrogens with zero attached hydrogens (tertiary/aromatic N) is 1. The number of benzene rings is 2. The van der Waals surface area contributed by atoms with Crippen LogP contribution >= 0.6 is 23.2 Å². The molecule has 3 unspecified atom stereocenters. The van der Waals surface area contributed by atoms with Gasteiger partial charge < -0.3 is 5.32 Å². The van der Waals surface area contributed by atoms with Crippen LogP contribution in [-0.2, 0) is 0 Å². The summed E-state index contributed by atoms with van der Waals surface area (Å²) in [6, 6.07) is 14.0. The van der Waals surface area contributed by atoms with E-state index in [0.29, 0.717) is 27.4 Å². The molecule has 0 fully saturated rings. The molecule has 0 aromatic heterocycles. The molecule has 1 N–H and O–H groups in total. The molecule has 0 amide bonds. The second kappa shape index (κ2) is 5.60. The Morgan fingerprint density at radius 3 is 2.83 bits per heavy atom. The van der Waals surface area contributed by atoms with E-state index in [0.717, 1.165) is 17.7 Å². The third-order valence-electron chi connectivity index (χ3n) is 4.81. The molecule has 0 spiro atoms. The van der Waals surface area contributed by atoms with Gasteiger partial charge in [0.15, 0.2) is 0 Å². The van der Waals surface area contributed by atoms with Crippen molar-refractivity contribution < 1.29 is 0 Å². The molecule has 0 saturated carbocycles. The molecule has 23 heavy (non-hydrogen) atoms. The summed E-state index contributed by atoms with van der Waals surface area (Å²) < 4.78 is 0. The summed E-state index contributed by atoms with van der Waals surface area (Å²) in [7, 11) is 0. The number of allylic oxidation sites excluding steroid dienone is 2. The third-order valence-corrected chi connectivity index (χ3v) is 5.64. The zero-order valence-corrected chi connectivity index (χ0v) is 13.8. The van der Waals surface area contributed by atoms with Crippen molar-refractivity contribution in [2.45, 2.75) is 18.4 Å². The molecule has 114 valence electrons. The SMILES string of the molecule is N#Cc1ccc2c(c1)C1C=CCC1C(c1cccc(Cl)c1Cl)N2. The minimum atomic E-state index is 0.113. The Bertz CT molecular complexity index is 851. The maximum Gasteiger partial charge on any atom is 0.0991 e. The Labute approximate surface area is 145 Å². The van der Waals surface area contributed by atoms with Crippen molar-refractivity contribution in [3.05, 3.63) is 75.3 Å². The van der Waals surface area contributed by atoms with Gasteiger partial charge in [-0.25, -0.2) is 0 Å². The monoisotopic (exact) mass is 340 g/mol. The maximum atomic E-state index is 9.16. The summed E-state index contributed by atoms with van der Waals surface area (Å²) >= 11 is 12.7. The Morgan fingerprint density at radius 1 is 1.13 bits per heavy atom. The van der Waals surface area contributed by atoms with Gasteiger partial charge in [-0.15, -0.1) is 0 Å². The van der Waals surface area contributed by atoms with Crippen LogP contribution in [0.25, 0.3) is 0 Å². The normalized spacial score (nSPS) is 24.5. The van der Waals surface area contributed by atoms with Crippen LogP contribution in [0.15, 0.2) is 48.6 Å².